The Balaban J connectivity index is -0.000000803. The summed E-state index contributed by atoms with van der Waals surface area (Å²) in [6.07, 6.45) is 3.39. The highest BCUT2D eigenvalue weighted by Gasteiger charge is 2.49. The van der Waals surface area contributed by atoms with E-state index in [0.29, 0.717) is 45.5 Å². The van der Waals surface area contributed by atoms with E-state index < -0.39 is 34.3 Å². The van der Waals surface area contributed by atoms with Crippen LogP contribution in [0.25, 0.3) is 0 Å². The van der Waals surface area contributed by atoms with Crippen LogP contribution in [-0.2, 0) is 73.3 Å². The maximum atomic E-state index is 11.9. The minimum Gasteiger partial charge on any atom is -0.481 e. The molecule has 1 heterocycles. The summed E-state index contributed by atoms with van der Waals surface area (Å²) in [6.45, 7) is 31.8. The van der Waals surface area contributed by atoms with Crippen LogP contribution >= 0.6 is 0 Å². The lowest BCUT2D eigenvalue weighted by Gasteiger charge is -2.43. The number of methoxy groups -OCH3 is 3. The van der Waals surface area contributed by atoms with Gasteiger partial charge in [0.25, 0.3) is 0 Å². The second kappa shape index (κ2) is 32.1. The number of ether oxygens (including phenoxy) is 7. The first-order valence-corrected chi connectivity index (χ1v) is 23.2. The summed E-state index contributed by atoms with van der Waals surface area (Å²) in [5, 5.41) is 17.9. The van der Waals surface area contributed by atoms with Crippen molar-refractivity contribution in [3.63, 3.8) is 0 Å². The van der Waals surface area contributed by atoms with E-state index in [9.17, 15) is 38.7 Å². The van der Waals surface area contributed by atoms with E-state index in [2.05, 4.69) is 11.3 Å². The second-order valence-corrected chi connectivity index (χ2v) is 19.8. The number of carbonyl (C=O) groups excluding carboxylic acids is 6. The molecule has 2 rings (SSSR count). The maximum Gasteiger partial charge on any atom is 0.333 e. The van der Waals surface area contributed by atoms with Gasteiger partial charge in [-0.15, -0.1) is 0 Å². The molecule has 1 aromatic carbocycles. The van der Waals surface area contributed by atoms with Crippen molar-refractivity contribution in [2.75, 3.05) is 47.8 Å². The number of carbonyl (C=O) groups is 7. The molecule has 392 valence electrons. The van der Waals surface area contributed by atoms with Gasteiger partial charge in [-0.05, 0) is 106 Å². The molecule has 0 saturated carbocycles. The second-order valence-electron chi connectivity index (χ2n) is 19.8. The van der Waals surface area contributed by atoms with Crippen molar-refractivity contribution in [2.24, 2.45) is 32.5 Å². The molecule has 0 aromatic heterocycles. The molecular weight excluding hydrogens is 881 g/mol. The summed E-state index contributed by atoms with van der Waals surface area (Å²) in [4.78, 5) is 78.8. The standard InChI is InChI=1S/2C13H22O5.C13H18O2.C7H14O2.C6H12O2/c1-5-13(11(15)17-4)7-12(2,8-18-9-13)6-10(14)16-3;1-6-13(4,5)12(16)18-8-10(14)7-17-11(15)9(2)3;1-4-13(2,3)12(14)15-10-11-8-6-5-7-9-11;1-5-7(2,3)6(8)9-4;1-4-6(2,3)5(7)8/h5-9H2,1-4H3;10,14H,2,6-8H2,1,3-5H3;5-9H,4,10H2,1-3H3;5H2,1-4H3;4H2,1-3H3,(H,7,8). The zero-order valence-corrected chi connectivity index (χ0v) is 44.8. The molecule has 2 N–H and O–H groups in total. The van der Waals surface area contributed by atoms with Gasteiger partial charge in [-0.3, -0.25) is 28.8 Å². The fourth-order valence-electron chi connectivity index (χ4n) is 5.15. The Kier molecular flexibility index (Phi) is 31.8. The number of benzene rings is 1. The van der Waals surface area contributed by atoms with Crippen LogP contribution in [-0.4, -0.2) is 106 Å². The Morgan fingerprint density at radius 2 is 1.13 bits per heavy atom. The first-order valence-electron chi connectivity index (χ1n) is 23.2. The first-order chi connectivity index (χ1) is 31.2. The molecule has 1 aliphatic heterocycles. The SMILES string of the molecule is C=C(C)C(=O)OCC(O)COC(=O)C(C)(C)CC.CCC(C)(C)C(=O)O.CCC(C)(C)C(=O)OC.CCC(C)(C)C(=O)OCc1ccccc1.CCC1(C(=O)OC)COCC(C)(CC(=O)OC)C1. The summed E-state index contributed by atoms with van der Waals surface area (Å²) in [6, 6.07) is 9.72. The van der Waals surface area contributed by atoms with E-state index in [4.69, 9.17) is 33.5 Å². The zero-order valence-electron chi connectivity index (χ0n) is 44.8. The minimum absolute atomic E-state index is 0.131. The summed E-state index contributed by atoms with van der Waals surface area (Å²) in [7, 11) is 4.16. The molecule has 1 aromatic rings. The van der Waals surface area contributed by atoms with Crippen molar-refractivity contribution >= 4 is 41.8 Å². The van der Waals surface area contributed by atoms with Crippen LogP contribution < -0.4 is 0 Å². The highest BCUT2D eigenvalue weighted by molar-refractivity contribution is 5.87. The lowest BCUT2D eigenvalue weighted by atomic mass is 9.68. The van der Waals surface area contributed by atoms with Gasteiger partial charge >= 0.3 is 41.8 Å². The summed E-state index contributed by atoms with van der Waals surface area (Å²) in [5.41, 5.74) is -1.55. The lowest BCUT2D eigenvalue weighted by Crippen LogP contribution is -2.48. The third-order valence-electron chi connectivity index (χ3n) is 12.0. The molecule has 1 fully saturated rings. The Morgan fingerprint density at radius 3 is 1.50 bits per heavy atom. The van der Waals surface area contributed by atoms with Gasteiger partial charge < -0.3 is 43.4 Å². The molecule has 3 atom stereocenters. The van der Waals surface area contributed by atoms with Crippen molar-refractivity contribution in [1.29, 1.82) is 0 Å². The highest BCUT2D eigenvalue weighted by atomic mass is 16.6. The molecule has 3 unspecified atom stereocenters. The van der Waals surface area contributed by atoms with E-state index in [1.165, 1.54) is 28.3 Å². The Labute approximate surface area is 407 Å². The van der Waals surface area contributed by atoms with Crippen molar-refractivity contribution in [1.82, 2.24) is 0 Å². The number of aliphatic carboxylic acids is 1. The van der Waals surface area contributed by atoms with E-state index in [-0.39, 0.29) is 71.3 Å². The molecule has 16 nitrogen and oxygen atoms in total. The van der Waals surface area contributed by atoms with E-state index in [1.54, 1.807) is 27.7 Å². The van der Waals surface area contributed by atoms with Crippen LogP contribution in [0.1, 0.15) is 154 Å². The fraction of sp³-hybridized carbons (Fsp3) is 0.712. The third-order valence-corrected chi connectivity index (χ3v) is 12.0. The predicted molar refractivity (Wildman–Crippen MR) is 260 cm³/mol. The first kappa shape index (κ1) is 67.4. The van der Waals surface area contributed by atoms with Gasteiger partial charge in [0, 0.05) is 11.0 Å². The molecule has 68 heavy (non-hydrogen) atoms. The molecule has 0 aliphatic carbocycles. The fourth-order valence-corrected chi connectivity index (χ4v) is 5.15. The van der Waals surface area contributed by atoms with Crippen molar-refractivity contribution < 1.29 is 76.9 Å². The predicted octanol–water partition coefficient (Wildman–Crippen LogP) is 9.26. The topological polar surface area (TPSA) is 225 Å². The van der Waals surface area contributed by atoms with Crippen molar-refractivity contribution in [3.05, 3.63) is 48.0 Å². The monoisotopic (exact) mass is 969 g/mol. The van der Waals surface area contributed by atoms with Gasteiger partial charge in [0.15, 0.2) is 0 Å². The average Bonchev–Trinajstić information content (AvgIpc) is 3.31. The van der Waals surface area contributed by atoms with E-state index in [1.807, 2.05) is 99.6 Å². The quantitative estimate of drug-likeness (QED) is 0.0748. The van der Waals surface area contributed by atoms with E-state index in [0.717, 1.165) is 18.4 Å². The van der Waals surface area contributed by atoms with Crippen LogP contribution in [0.15, 0.2) is 42.5 Å². The average molecular weight is 969 g/mol. The largest absolute Gasteiger partial charge is 0.481 e. The normalized spacial score (nSPS) is 17.0. The molecule has 1 saturated heterocycles. The molecule has 16 heteroatoms. The van der Waals surface area contributed by atoms with Gasteiger partial charge in [-0.2, -0.15) is 0 Å². The van der Waals surface area contributed by atoms with Gasteiger partial charge in [0.1, 0.15) is 25.9 Å². The molecule has 0 amide bonds. The molecular formula is C52H88O16. The maximum absolute atomic E-state index is 11.9. The van der Waals surface area contributed by atoms with Crippen LogP contribution in [0.4, 0.5) is 0 Å². The van der Waals surface area contributed by atoms with Crippen LogP contribution in [0.2, 0.25) is 0 Å². The van der Waals surface area contributed by atoms with E-state index >= 15 is 0 Å². The Bertz CT molecular complexity index is 1710. The number of aliphatic hydroxyl groups excluding tert-OH is 1. The summed E-state index contributed by atoms with van der Waals surface area (Å²) >= 11 is 0. The molecule has 0 radical (unpaired) electrons. The van der Waals surface area contributed by atoms with Crippen molar-refractivity contribution in [2.45, 2.75) is 162 Å². The van der Waals surface area contributed by atoms with Crippen LogP contribution in [0.5, 0.6) is 0 Å². The van der Waals surface area contributed by atoms with Crippen LogP contribution in [0, 0.1) is 32.5 Å². The zero-order chi connectivity index (χ0) is 53.7. The molecule has 0 spiro atoms. The van der Waals surface area contributed by atoms with Crippen molar-refractivity contribution in [3.8, 4) is 0 Å². The molecule has 0 bridgehead atoms. The minimum atomic E-state index is -1.02. The van der Waals surface area contributed by atoms with Gasteiger partial charge in [-0.25, -0.2) is 4.79 Å². The summed E-state index contributed by atoms with van der Waals surface area (Å²) < 4.78 is 34.6. The highest BCUT2D eigenvalue weighted by Crippen LogP contribution is 2.44. The number of aliphatic hydroxyl groups is 1. The number of esters is 6. The smallest absolute Gasteiger partial charge is 0.333 e. The number of rotatable bonds is 19. The van der Waals surface area contributed by atoms with Gasteiger partial charge in [0.05, 0.1) is 68.0 Å². The number of carboxylic acids is 1. The lowest BCUT2D eigenvalue weighted by molar-refractivity contribution is -0.174. The van der Waals surface area contributed by atoms with Crippen LogP contribution in [0.3, 0.4) is 0 Å². The van der Waals surface area contributed by atoms with Gasteiger partial charge in [-0.1, -0.05) is 78.5 Å². The molecule has 1 aliphatic rings. The number of hydrogen-bond acceptors (Lipinski definition) is 15. The van der Waals surface area contributed by atoms with Gasteiger partial charge in [0.2, 0.25) is 0 Å². The number of carboxylic acid groups (broad SMARTS) is 1. The Hall–Kier alpha value is -4.83. The third kappa shape index (κ3) is 26.1. The Morgan fingerprint density at radius 1 is 0.676 bits per heavy atom. The summed E-state index contributed by atoms with van der Waals surface area (Å²) in [5.74, 6) is -2.48. The number of hydrogen-bond donors (Lipinski definition) is 2.